The zero-order valence-corrected chi connectivity index (χ0v) is 18.5. The molecule has 0 spiro atoms. The molecule has 0 aliphatic rings. The topological polar surface area (TPSA) is 64.6 Å². The van der Waals surface area contributed by atoms with E-state index in [9.17, 15) is 9.59 Å². The summed E-state index contributed by atoms with van der Waals surface area (Å²) in [6, 6.07) is 15.3. The number of carbonyl (C=O) groups excluding carboxylic acids is 2. The van der Waals surface area contributed by atoms with Crippen molar-refractivity contribution in [1.29, 1.82) is 0 Å². The van der Waals surface area contributed by atoms with Gasteiger partial charge in [-0.15, -0.1) is 0 Å². The highest BCUT2D eigenvalue weighted by atomic mass is 16.6. The van der Waals surface area contributed by atoms with Gasteiger partial charge in [-0.3, -0.25) is 0 Å². The van der Waals surface area contributed by atoms with Crippen LogP contribution in [0.25, 0.3) is 11.1 Å². The molecular weight excluding hydrogens is 366 g/mol. The summed E-state index contributed by atoms with van der Waals surface area (Å²) in [4.78, 5) is 23.8. The summed E-state index contributed by atoms with van der Waals surface area (Å²) >= 11 is 0. The summed E-state index contributed by atoms with van der Waals surface area (Å²) < 4.78 is 10.4. The van der Waals surface area contributed by atoms with Gasteiger partial charge in [0.2, 0.25) is 0 Å². The standard InChI is InChI=1S/C22H27NO4.C2H6/c1-15-8-6-7-9-19(15)18-12-10-17(11-13-18)14-26-20(24)16(2)23-21(25)27-22(3,4)5;1-2/h6-13,16H,14H2,1-5H3,(H,23,25);1-2H3. The van der Waals surface area contributed by atoms with Crippen LogP contribution in [0.2, 0.25) is 0 Å². The number of esters is 1. The normalized spacial score (nSPS) is 11.6. The molecule has 1 N–H and O–H groups in total. The van der Waals surface area contributed by atoms with Gasteiger partial charge in [-0.05, 0) is 56.9 Å². The lowest BCUT2D eigenvalue weighted by atomic mass is 10.00. The van der Waals surface area contributed by atoms with Gasteiger partial charge in [0, 0.05) is 0 Å². The summed E-state index contributed by atoms with van der Waals surface area (Å²) in [5, 5.41) is 2.47. The maximum Gasteiger partial charge on any atom is 0.408 e. The lowest BCUT2D eigenvalue weighted by Crippen LogP contribution is -2.42. The van der Waals surface area contributed by atoms with E-state index < -0.39 is 23.7 Å². The number of hydrogen-bond acceptors (Lipinski definition) is 4. The molecule has 0 saturated heterocycles. The van der Waals surface area contributed by atoms with Crippen molar-refractivity contribution in [3.05, 3.63) is 59.7 Å². The Morgan fingerprint density at radius 1 is 1.00 bits per heavy atom. The van der Waals surface area contributed by atoms with Gasteiger partial charge in [-0.1, -0.05) is 62.4 Å². The highest BCUT2D eigenvalue weighted by molar-refractivity contribution is 5.81. The summed E-state index contributed by atoms with van der Waals surface area (Å²) in [5.74, 6) is -0.510. The maximum absolute atomic E-state index is 12.1. The van der Waals surface area contributed by atoms with Gasteiger partial charge in [0.25, 0.3) is 0 Å². The molecule has 5 nitrogen and oxygen atoms in total. The Morgan fingerprint density at radius 3 is 2.14 bits per heavy atom. The summed E-state index contributed by atoms with van der Waals surface area (Å²) in [6.07, 6.45) is -0.644. The predicted octanol–water partition coefficient (Wildman–Crippen LogP) is 5.64. The van der Waals surface area contributed by atoms with Crippen LogP contribution < -0.4 is 5.32 Å². The van der Waals surface area contributed by atoms with Crippen molar-refractivity contribution in [3.63, 3.8) is 0 Å². The van der Waals surface area contributed by atoms with Crippen LogP contribution in [0, 0.1) is 6.92 Å². The molecule has 1 atom stereocenters. The Kier molecular flexibility index (Phi) is 9.39. The minimum Gasteiger partial charge on any atom is -0.459 e. The fourth-order valence-electron chi connectivity index (χ4n) is 2.50. The average Bonchev–Trinajstić information content (AvgIpc) is 2.67. The number of rotatable bonds is 5. The second-order valence-corrected chi connectivity index (χ2v) is 7.49. The Labute approximate surface area is 174 Å². The molecule has 0 bridgehead atoms. The molecule has 158 valence electrons. The number of amides is 1. The second-order valence-electron chi connectivity index (χ2n) is 7.49. The third-order valence-corrected chi connectivity index (χ3v) is 3.88. The van der Waals surface area contributed by atoms with Crippen LogP contribution in [0.4, 0.5) is 4.79 Å². The van der Waals surface area contributed by atoms with E-state index in [0.29, 0.717) is 0 Å². The molecule has 2 rings (SSSR count). The molecule has 0 fully saturated rings. The van der Waals surface area contributed by atoms with E-state index in [2.05, 4.69) is 24.4 Å². The molecule has 1 amide bonds. The monoisotopic (exact) mass is 399 g/mol. The van der Waals surface area contributed by atoms with Crippen molar-refractivity contribution in [1.82, 2.24) is 5.32 Å². The van der Waals surface area contributed by atoms with Crippen molar-refractivity contribution < 1.29 is 19.1 Å². The first-order valence-corrected chi connectivity index (χ1v) is 9.97. The minimum absolute atomic E-state index is 0.146. The molecular formula is C24H33NO4. The number of aryl methyl sites for hydroxylation is 1. The first-order chi connectivity index (χ1) is 13.7. The number of benzene rings is 2. The smallest absolute Gasteiger partial charge is 0.408 e. The number of carbonyl (C=O) groups is 2. The van der Waals surface area contributed by atoms with E-state index in [1.807, 2.05) is 50.2 Å². The SMILES string of the molecule is CC.Cc1ccccc1-c1ccc(COC(=O)C(C)NC(=O)OC(C)(C)C)cc1. The van der Waals surface area contributed by atoms with Gasteiger partial charge in [0.05, 0.1) is 0 Å². The van der Waals surface area contributed by atoms with E-state index in [1.165, 1.54) is 11.1 Å². The van der Waals surface area contributed by atoms with E-state index >= 15 is 0 Å². The van der Waals surface area contributed by atoms with Crippen LogP contribution >= 0.6 is 0 Å². The fourth-order valence-corrected chi connectivity index (χ4v) is 2.50. The molecule has 0 aromatic heterocycles. The van der Waals surface area contributed by atoms with E-state index in [0.717, 1.165) is 11.1 Å². The molecule has 2 aromatic rings. The largest absolute Gasteiger partial charge is 0.459 e. The fraction of sp³-hybridized carbons (Fsp3) is 0.417. The van der Waals surface area contributed by atoms with Crippen molar-refractivity contribution in [2.75, 3.05) is 0 Å². The van der Waals surface area contributed by atoms with Crippen LogP contribution in [-0.4, -0.2) is 23.7 Å². The van der Waals surface area contributed by atoms with Gasteiger partial charge in [-0.2, -0.15) is 0 Å². The average molecular weight is 400 g/mol. The van der Waals surface area contributed by atoms with Gasteiger partial charge in [0.1, 0.15) is 18.2 Å². The Morgan fingerprint density at radius 2 is 1.59 bits per heavy atom. The molecule has 0 aliphatic heterocycles. The first-order valence-electron chi connectivity index (χ1n) is 9.97. The highest BCUT2D eigenvalue weighted by Gasteiger charge is 2.21. The van der Waals surface area contributed by atoms with Crippen LogP contribution in [0.1, 0.15) is 52.7 Å². The van der Waals surface area contributed by atoms with Crippen LogP contribution in [0.15, 0.2) is 48.5 Å². The Hall–Kier alpha value is -2.82. The van der Waals surface area contributed by atoms with Crippen molar-refractivity contribution >= 4 is 12.1 Å². The summed E-state index contributed by atoms with van der Waals surface area (Å²) in [5.41, 5.74) is 3.76. The second kappa shape index (κ2) is 11.2. The lowest BCUT2D eigenvalue weighted by molar-refractivity contribution is -0.147. The van der Waals surface area contributed by atoms with Gasteiger partial charge in [-0.25, -0.2) is 9.59 Å². The minimum atomic E-state index is -0.786. The van der Waals surface area contributed by atoms with E-state index in [4.69, 9.17) is 9.47 Å². The van der Waals surface area contributed by atoms with E-state index in [1.54, 1.807) is 27.7 Å². The van der Waals surface area contributed by atoms with Crippen molar-refractivity contribution in [2.45, 2.75) is 66.7 Å². The van der Waals surface area contributed by atoms with Gasteiger partial charge < -0.3 is 14.8 Å². The predicted molar refractivity (Wildman–Crippen MR) is 117 cm³/mol. The molecule has 0 saturated carbocycles. The van der Waals surface area contributed by atoms with Crippen LogP contribution in [0.5, 0.6) is 0 Å². The molecule has 0 aliphatic carbocycles. The van der Waals surface area contributed by atoms with E-state index in [-0.39, 0.29) is 6.61 Å². The maximum atomic E-state index is 12.1. The first kappa shape index (κ1) is 24.2. The van der Waals surface area contributed by atoms with Gasteiger partial charge >= 0.3 is 12.1 Å². The zero-order valence-electron chi connectivity index (χ0n) is 18.5. The lowest BCUT2D eigenvalue weighted by Gasteiger charge is -2.21. The number of ether oxygens (including phenoxy) is 2. The Bertz CT molecular complexity index is 791. The van der Waals surface area contributed by atoms with Gasteiger partial charge in [0.15, 0.2) is 0 Å². The molecule has 0 radical (unpaired) electrons. The molecule has 29 heavy (non-hydrogen) atoms. The summed E-state index contributed by atoms with van der Waals surface area (Å²) in [7, 11) is 0. The van der Waals surface area contributed by atoms with Crippen LogP contribution in [-0.2, 0) is 20.9 Å². The highest BCUT2D eigenvalue weighted by Crippen LogP contribution is 2.23. The third-order valence-electron chi connectivity index (χ3n) is 3.88. The van der Waals surface area contributed by atoms with Crippen molar-refractivity contribution in [2.24, 2.45) is 0 Å². The summed E-state index contributed by atoms with van der Waals surface area (Å²) in [6.45, 7) is 13.1. The molecule has 0 heterocycles. The molecule has 1 unspecified atom stereocenters. The zero-order chi connectivity index (χ0) is 22.0. The number of alkyl carbamates (subject to hydrolysis) is 1. The van der Waals surface area contributed by atoms with Crippen LogP contribution in [0.3, 0.4) is 0 Å². The number of hydrogen-bond donors (Lipinski definition) is 1. The quantitative estimate of drug-likeness (QED) is 0.660. The number of nitrogens with one attached hydrogen (secondary N) is 1. The molecule has 2 aromatic carbocycles. The Balaban J connectivity index is 0.00000204. The molecule has 5 heteroatoms. The third kappa shape index (κ3) is 8.38. The van der Waals surface area contributed by atoms with Crippen molar-refractivity contribution in [3.8, 4) is 11.1 Å².